The molecule has 1 fully saturated rings. The lowest BCUT2D eigenvalue weighted by Gasteiger charge is -2.11. The van der Waals surface area contributed by atoms with Crippen molar-refractivity contribution in [2.75, 3.05) is 19.8 Å². The first-order chi connectivity index (χ1) is 6.79. The van der Waals surface area contributed by atoms with Gasteiger partial charge in [0.05, 0.1) is 13.2 Å². The Morgan fingerprint density at radius 1 is 1.29 bits per heavy atom. The third-order valence-electron chi connectivity index (χ3n) is 2.03. The van der Waals surface area contributed by atoms with Crippen LogP contribution in [0.25, 0.3) is 0 Å². The monoisotopic (exact) mass is 202 g/mol. The fourth-order valence-corrected chi connectivity index (χ4v) is 1.28. The van der Waals surface area contributed by atoms with Gasteiger partial charge in [0.15, 0.2) is 0 Å². The molecule has 0 aliphatic carbocycles. The van der Waals surface area contributed by atoms with Crippen LogP contribution in [0.3, 0.4) is 0 Å². The molecule has 0 aromatic heterocycles. The van der Waals surface area contributed by atoms with Crippen LogP contribution >= 0.6 is 0 Å². The smallest absolute Gasteiger partial charge is 0.312 e. The van der Waals surface area contributed by atoms with Gasteiger partial charge in [-0.1, -0.05) is 0 Å². The molecule has 78 valence electrons. The van der Waals surface area contributed by atoms with E-state index in [1.807, 2.05) is 0 Å². The normalized spacial score (nSPS) is 25.3. The molecule has 0 N–H and O–H groups in total. The average Bonchev–Trinajstić information content (AvgIpc) is 2.53. The van der Waals surface area contributed by atoms with Crippen LogP contribution in [-0.2, 0) is 28.6 Å². The quantitative estimate of drug-likeness (QED) is 0.316. The number of carbonyl (C=O) groups is 3. The van der Waals surface area contributed by atoms with Crippen LogP contribution in [0, 0.1) is 11.8 Å². The van der Waals surface area contributed by atoms with Crippen LogP contribution in [0.15, 0.2) is 0 Å². The van der Waals surface area contributed by atoms with Crippen LogP contribution in [0.5, 0.6) is 0 Å². The summed E-state index contributed by atoms with van der Waals surface area (Å²) in [5.74, 6) is -1.18. The fraction of sp³-hybridized carbons (Fsp3) is 0.625. The van der Waals surface area contributed by atoms with Gasteiger partial charge in [0.25, 0.3) is 12.9 Å². The molecule has 1 heterocycles. The van der Waals surface area contributed by atoms with Crippen molar-refractivity contribution in [3.8, 4) is 0 Å². The number of hydrogen-bond donors (Lipinski definition) is 0. The third kappa shape index (κ3) is 2.45. The standard InChI is InChI=1S/C8H10O6/c9-4-12-1-6-2-14-8(11)7(6)3-13-5-10/h4-7H,1-3H2. The lowest BCUT2D eigenvalue weighted by atomic mass is 9.97. The Morgan fingerprint density at radius 2 is 1.93 bits per heavy atom. The summed E-state index contributed by atoms with van der Waals surface area (Å²) in [5.41, 5.74) is 0. The summed E-state index contributed by atoms with van der Waals surface area (Å²) in [6, 6.07) is 0. The zero-order chi connectivity index (χ0) is 10.4. The van der Waals surface area contributed by atoms with E-state index in [4.69, 9.17) is 4.74 Å². The van der Waals surface area contributed by atoms with Crippen molar-refractivity contribution in [3.05, 3.63) is 0 Å². The Bertz CT molecular complexity index is 226. The zero-order valence-electron chi connectivity index (χ0n) is 7.38. The summed E-state index contributed by atoms with van der Waals surface area (Å²) in [4.78, 5) is 30.9. The fourth-order valence-electron chi connectivity index (χ4n) is 1.28. The van der Waals surface area contributed by atoms with Crippen molar-refractivity contribution in [1.82, 2.24) is 0 Å². The molecule has 1 aliphatic heterocycles. The second-order valence-corrected chi connectivity index (χ2v) is 2.86. The predicted molar refractivity (Wildman–Crippen MR) is 42.0 cm³/mol. The van der Waals surface area contributed by atoms with Crippen LogP contribution in [0.2, 0.25) is 0 Å². The van der Waals surface area contributed by atoms with Gasteiger partial charge in [0.1, 0.15) is 12.5 Å². The van der Waals surface area contributed by atoms with Crippen molar-refractivity contribution in [2.24, 2.45) is 11.8 Å². The van der Waals surface area contributed by atoms with Crippen LogP contribution in [0.1, 0.15) is 0 Å². The Kier molecular flexibility index (Phi) is 3.90. The summed E-state index contributed by atoms with van der Waals surface area (Å²) in [5, 5.41) is 0. The van der Waals surface area contributed by atoms with E-state index in [0.717, 1.165) is 0 Å². The molecule has 1 aliphatic rings. The summed E-state index contributed by atoms with van der Waals surface area (Å²) in [6.45, 7) is 0.834. The number of cyclic esters (lactones) is 1. The molecule has 0 bridgehead atoms. The molecule has 2 unspecified atom stereocenters. The summed E-state index contributed by atoms with van der Waals surface area (Å²) in [7, 11) is 0. The molecule has 14 heavy (non-hydrogen) atoms. The maximum atomic E-state index is 11.1. The first kappa shape index (κ1) is 10.5. The van der Waals surface area contributed by atoms with E-state index in [1.54, 1.807) is 0 Å². The maximum absolute atomic E-state index is 11.1. The molecule has 2 atom stereocenters. The molecular weight excluding hydrogens is 192 g/mol. The largest absolute Gasteiger partial charge is 0.467 e. The van der Waals surface area contributed by atoms with E-state index >= 15 is 0 Å². The second-order valence-electron chi connectivity index (χ2n) is 2.86. The third-order valence-corrected chi connectivity index (χ3v) is 2.03. The van der Waals surface area contributed by atoms with Crippen molar-refractivity contribution >= 4 is 18.9 Å². The number of rotatable bonds is 6. The summed E-state index contributed by atoms with van der Waals surface area (Å²) < 4.78 is 13.7. The van der Waals surface area contributed by atoms with E-state index in [-0.39, 0.29) is 32.2 Å². The lowest BCUT2D eigenvalue weighted by Crippen LogP contribution is -2.25. The van der Waals surface area contributed by atoms with Crippen molar-refractivity contribution in [1.29, 1.82) is 0 Å². The molecule has 6 heteroatoms. The number of hydrogen-bond acceptors (Lipinski definition) is 6. The Morgan fingerprint density at radius 3 is 2.57 bits per heavy atom. The van der Waals surface area contributed by atoms with Gasteiger partial charge in [-0.3, -0.25) is 14.4 Å². The molecular formula is C8H10O6. The van der Waals surface area contributed by atoms with E-state index in [9.17, 15) is 14.4 Å². The van der Waals surface area contributed by atoms with Crippen LogP contribution in [0.4, 0.5) is 0 Å². The van der Waals surface area contributed by atoms with E-state index < -0.39 is 11.9 Å². The molecule has 0 aromatic carbocycles. The molecule has 0 saturated carbocycles. The van der Waals surface area contributed by atoms with Crippen molar-refractivity contribution in [2.45, 2.75) is 0 Å². The number of esters is 1. The summed E-state index contributed by atoms with van der Waals surface area (Å²) in [6.07, 6.45) is 0. The molecule has 1 rings (SSSR count). The highest BCUT2D eigenvalue weighted by atomic mass is 16.6. The zero-order valence-corrected chi connectivity index (χ0v) is 7.38. The van der Waals surface area contributed by atoms with Gasteiger partial charge in [0, 0.05) is 5.92 Å². The number of carbonyl (C=O) groups excluding carboxylic acids is 3. The predicted octanol–water partition coefficient (Wildman–Crippen LogP) is -0.878. The second kappa shape index (κ2) is 5.21. The van der Waals surface area contributed by atoms with Gasteiger partial charge in [-0.25, -0.2) is 0 Å². The Hall–Kier alpha value is -1.59. The van der Waals surface area contributed by atoms with Gasteiger partial charge in [-0.2, -0.15) is 0 Å². The highest BCUT2D eigenvalue weighted by molar-refractivity contribution is 5.75. The maximum Gasteiger partial charge on any atom is 0.312 e. The topological polar surface area (TPSA) is 78.9 Å². The SMILES string of the molecule is O=COCC1COC(=O)C1COC=O. The van der Waals surface area contributed by atoms with Gasteiger partial charge in [-0.05, 0) is 0 Å². The average molecular weight is 202 g/mol. The molecule has 0 amide bonds. The molecule has 0 aromatic rings. The minimum absolute atomic E-state index is 0.0325. The van der Waals surface area contributed by atoms with E-state index in [1.165, 1.54) is 0 Å². The molecule has 0 radical (unpaired) electrons. The van der Waals surface area contributed by atoms with Gasteiger partial charge in [-0.15, -0.1) is 0 Å². The molecule has 1 saturated heterocycles. The van der Waals surface area contributed by atoms with Crippen molar-refractivity contribution < 1.29 is 28.6 Å². The molecule has 6 nitrogen and oxygen atoms in total. The Labute approximate surface area is 80.1 Å². The first-order valence-corrected chi connectivity index (χ1v) is 4.06. The minimum atomic E-state index is -0.528. The highest BCUT2D eigenvalue weighted by Crippen LogP contribution is 2.22. The highest BCUT2D eigenvalue weighted by Gasteiger charge is 2.37. The van der Waals surface area contributed by atoms with E-state index in [2.05, 4.69) is 9.47 Å². The van der Waals surface area contributed by atoms with Gasteiger partial charge >= 0.3 is 5.97 Å². The summed E-state index contributed by atoms with van der Waals surface area (Å²) >= 11 is 0. The van der Waals surface area contributed by atoms with E-state index in [0.29, 0.717) is 6.47 Å². The van der Waals surface area contributed by atoms with Crippen LogP contribution in [-0.4, -0.2) is 38.7 Å². The van der Waals surface area contributed by atoms with Crippen LogP contribution < -0.4 is 0 Å². The van der Waals surface area contributed by atoms with Gasteiger partial charge in [0.2, 0.25) is 0 Å². The number of ether oxygens (including phenoxy) is 3. The van der Waals surface area contributed by atoms with Crippen molar-refractivity contribution in [3.63, 3.8) is 0 Å². The first-order valence-electron chi connectivity index (χ1n) is 4.06. The van der Waals surface area contributed by atoms with Gasteiger partial charge < -0.3 is 14.2 Å². The Balaban J connectivity index is 2.43. The molecule has 0 spiro atoms. The lowest BCUT2D eigenvalue weighted by molar-refractivity contribution is -0.144. The minimum Gasteiger partial charge on any atom is -0.467 e.